The van der Waals surface area contributed by atoms with E-state index in [9.17, 15) is 0 Å². The SMILES string of the molecule is Cc1cccc2[nH]c(-c3n[nH]c4ncc(-c5cncc6ccccc56)cc34)nc12. The van der Waals surface area contributed by atoms with Gasteiger partial charge in [0.25, 0.3) is 0 Å². The minimum absolute atomic E-state index is 0.731. The van der Waals surface area contributed by atoms with Crippen LogP contribution in [0.25, 0.3) is 55.5 Å². The van der Waals surface area contributed by atoms with Gasteiger partial charge in [0.15, 0.2) is 11.5 Å². The van der Waals surface area contributed by atoms with Crippen molar-refractivity contribution in [3.63, 3.8) is 0 Å². The van der Waals surface area contributed by atoms with Crippen LogP contribution in [0.4, 0.5) is 0 Å². The maximum absolute atomic E-state index is 4.78. The first kappa shape index (κ1) is 15.9. The number of rotatable bonds is 2. The maximum Gasteiger partial charge on any atom is 0.159 e. The van der Waals surface area contributed by atoms with Crippen molar-refractivity contribution in [1.29, 1.82) is 0 Å². The molecule has 29 heavy (non-hydrogen) atoms. The van der Waals surface area contributed by atoms with Crippen LogP contribution in [0.15, 0.2) is 67.1 Å². The summed E-state index contributed by atoms with van der Waals surface area (Å²) in [7, 11) is 0. The number of hydrogen-bond donors (Lipinski definition) is 2. The van der Waals surface area contributed by atoms with Crippen LogP contribution in [0, 0.1) is 6.92 Å². The number of benzene rings is 2. The molecular weight excluding hydrogens is 360 g/mol. The van der Waals surface area contributed by atoms with Crippen molar-refractivity contribution in [2.75, 3.05) is 0 Å². The molecule has 0 atom stereocenters. The van der Waals surface area contributed by atoms with E-state index in [0.717, 1.165) is 61.0 Å². The van der Waals surface area contributed by atoms with Gasteiger partial charge in [0.1, 0.15) is 5.69 Å². The van der Waals surface area contributed by atoms with Gasteiger partial charge in [0.2, 0.25) is 0 Å². The predicted molar refractivity (Wildman–Crippen MR) is 114 cm³/mol. The van der Waals surface area contributed by atoms with E-state index in [1.165, 1.54) is 0 Å². The van der Waals surface area contributed by atoms with Crippen molar-refractivity contribution >= 4 is 32.8 Å². The van der Waals surface area contributed by atoms with Crippen molar-refractivity contribution in [2.45, 2.75) is 6.92 Å². The van der Waals surface area contributed by atoms with E-state index in [4.69, 9.17) is 4.98 Å². The van der Waals surface area contributed by atoms with Crippen LogP contribution in [0.3, 0.4) is 0 Å². The zero-order valence-corrected chi connectivity index (χ0v) is 15.6. The van der Waals surface area contributed by atoms with Gasteiger partial charge in [-0.1, -0.05) is 36.4 Å². The monoisotopic (exact) mass is 376 g/mol. The fourth-order valence-electron chi connectivity index (χ4n) is 3.87. The Labute approximate surface area is 165 Å². The van der Waals surface area contributed by atoms with Gasteiger partial charge in [-0.2, -0.15) is 5.10 Å². The molecule has 6 nitrogen and oxygen atoms in total. The molecule has 6 heteroatoms. The molecule has 0 saturated carbocycles. The summed E-state index contributed by atoms with van der Waals surface area (Å²) in [6.07, 6.45) is 5.62. The molecule has 0 aliphatic heterocycles. The summed E-state index contributed by atoms with van der Waals surface area (Å²) in [6, 6.07) is 16.4. The average molecular weight is 376 g/mol. The molecule has 0 bridgehead atoms. The number of para-hydroxylation sites is 1. The average Bonchev–Trinajstić information content (AvgIpc) is 3.37. The third-order valence-electron chi connectivity index (χ3n) is 5.33. The number of pyridine rings is 2. The van der Waals surface area contributed by atoms with Crippen LogP contribution in [0.5, 0.6) is 0 Å². The van der Waals surface area contributed by atoms with Crippen LogP contribution in [0.1, 0.15) is 5.56 Å². The number of aryl methyl sites for hydroxylation is 1. The van der Waals surface area contributed by atoms with Crippen LogP contribution in [-0.4, -0.2) is 30.1 Å². The van der Waals surface area contributed by atoms with Crippen molar-refractivity contribution < 1.29 is 0 Å². The molecule has 2 N–H and O–H groups in total. The Morgan fingerprint density at radius 3 is 2.76 bits per heavy atom. The van der Waals surface area contributed by atoms with Crippen molar-refractivity contribution in [2.24, 2.45) is 0 Å². The van der Waals surface area contributed by atoms with Gasteiger partial charge < -0.3 is 4.98 Å². The lowest BCUT2D eigenvalue weighted by Crippen LogP contribution is -1.87. The quantitative estimate of drug-likeness (QED) is 0.444. The molecule has 138 valence electrons. The zero-order valence-electron chi connectivity index (χ0n) is 15.6. The second-order valence-corrected chi connectivity index (χ2v) is 7.16. The highest BCUT2D eigenvalue weighted by Crippen LogP contribution is 2.32. The van der Waals surface area contributed by atoms with E-state index in [0.29, 0.717) is 0 Å². The topological polar surface area (TPSA) is 83.1 Å². The smallest absolute Gasteiger partial charge is 0.159 e. The van der Waals surface area contributed by atoms with E-state index in [1.54, 1.807) is 0 Å². The minimum Gasteiger partial charge on any atom is -0.337 e. The first-order valence-corrected chi connectivity index (χ1v) is 9.41. The Bertz CT molecular complexity index is 1520. The van der Waals surface area contributed by atoms with E-state index < -0.39 is 0 Å². The molecule has 6 aromatic rings. The van der Waals surface area contributed by atoms with Crippen molar-refractivity contribution in [3.05, 3.63) is 72.7 Å². The van der Waals surface area contributed by atoms with Crippen LogP contribution >= 0.6 is 0 Å². The molecule has 0 aliphatic rings. The lowest BCUT2D eigenvalue weighted by Gasteiger charge is -2.06. The van der Waals surface area contributed by atoms with Crippen LogP contribution < -0.4 is 0 Å². The summed E-state index contributed by atoms with van der Waals surface area (Å²) >= 11 is 0. The standard InChI is InChI=1S/C23H16N6/c1-13-5-4-8-19-20(13)27-23(26-19)21-17-9-15(11-25-22(17)29-28-21)18-12-24-10-14-6-2-3-7-16(14)18/h2-12H,1H3,(H,26,27)(H,25,28,29). The van der Waals surface area contributed by atoms with Gasteiger partial charge in [0, 0.05) is 35.1 Å². The summed E-state index contributed by atoms with van der Waals surface area (Å²) in [5, 5.41) is 10.7. The highest BCUT2D eigenvalue weighted by atomic mass is 15.2. The molecule has 0 spiro atoms. The van der Waals surface area contributed by atoms with E-state index in [1.807, 2.05) is 42.9 Å². The highest BCUT2D eigenvalue weighted by molar-refractivity contribution is 5.99. The van der Waals surface area contributed by atoms with Crippen LogP contribution in [-0.2, 0) is 0 Å². The molecule has 0 amide bonds. The fraction of sp³-hybridized carbons (Fsp3) is 0.0435. The van der Waals surface area contributed by atoms with Crippen LogP contribution in [0.2, 0.25) is 0 Å². The molecule has 0 radical (unpaired) electrons. The van der Waals surface area contributed by atoms with Gasteiger partial charge in [-0.25, -0.2) is 9.97 Å². The summed E-state index contributed by atoms with van der Waals surface area (Å²) in [4.78, 5) is 17.2. The summed E-state index contributed by atoms with van der Waals surface area (Å²) < 4.78 is 0. The maximum atomic E-state index is 4.78. The Balaban J connectivity index is 1.57. The predicted octanol–water partition coefficient (Wildman–Crippen LogP) is 5.02. The number of nitrogens with zero attached hydrogens (tertiary/aromatic N) is 4. The van der Waals surface area contributed by atoms with E-state index >= 15 is 0 Å². The second-order valence-electron chi connectivity index (χ2n) is 7.16. The minimum atomic E-state index is 0.731. The highest BCUT2D eigenvalue weighted by Gasteiger charge is 2.15. The molecule has 4 heterocycles. The Morgan fingerprint density at radius 2 is 1.83 bits per heavy atom. The Morgan fingerprint density at radius 1 is 0.897 bits per heavy atom. The van der Waals surface area contributed by atoms with Gasteiger partial charge >= 0.3 is 0 Å². The molecule has 0 aliphatic carbocycles. The molecule has 0 fully saturated rings. The number of aromatic amines is 2. The van der Waals surface area contributed by atoms with Crippen molar-refractivity contribution in [3.8, 4) is 22.6 Å². The molecule has 0 unspecified atom stereocenters. The second kappa shape index (κ2) is 5.97. The first-order valence-electron chi connectivity index (χ1n) is 9.41. The number of fused-ring (bicyclic) bond motifs is 3. The van der Waals surface area contributed by atoms with Gasteiger partial charge in [0.05, 0.1) is 16.4 Å². The number of nitrogens with one attached hydrogen (secondary N) is 2. The molecule has 0 saturated heterocycles. The van der Waals surface area contributed by atoms with Crippen molar-refractivity contribution in [1.82, 2.24) is 30.1 Å². The third kappa shape index (κ3) is 2.42. The molecular formula is C23H16N6. The number of H-pyrrole nitrogens is 2. The summed E-state index contributed by atoms with van der Waals surface area (Å²) in [5.74, 6) is 0.732. The van der Waals surface area contributed by atoms with Gasteiger partial charge in [-0.05, 0) is 30.0 Å². The summed E-state index contributed by atoms with van der Waals surface area (Å²) in [6.45, 7) is 2.06. The van der Waals surface area contributed by atoms with E-state index in [2.05, 4.69) is 56.3 Å². The van der Waals surface area contributed by atoms with Gasteiger partial charge in [-0.3, -0.25) is 10.1 Å². The molecule has 4 aromatic heterocycles. The fourth-order valence-corrected chi connectivity index (χ4v) is 3.87. The number of hydrogen-bond acceptors (Lipinski definition) is 4. The number of imidazole rings is 1. The van der Waals surface area contributed by atoms with E-state index in [-0.39, 0.29) is 0 Å². The molecule has 2 aromatic carbocycles. The summed E-state index contributed by atoms with van der Waals surface area (Å²) in [5.41, 5.74) is 6.62. The third-order valence-corrected chi connectivity index (χ3v) is 5.33. The normalized spacial score (nSPS) is 11.6. The zero-order chi connectivity index (χ0) is 19.4. The number of aromatic nitrogens is 6. The Hall–Kier alpha value is -4.06. The van der Waals surface area contributed by atoms with Gasteiger partial charge in [-0.15, -0.1) is 0 Å². The lowest BCUT2D eigenvalue weighted by molar-refractivity contribution is 1.09. The Kier molecular flexibility index (Phi) is 3.28. The first-order chi connectivity index (χ1) is 14.3. The largest absolute Gasteiger partial charge is 0.337 e. The lowest BCUT2D eigenvalue weighted by atomic mass is 10.0. The molecule has 6 rings (SSSR count).